The molecule has 1 aliphatic heterocycles. The van der Waals surface area contributed by atoms with Crippen molar-refractivity contribution in [1.29, 1.82) is 5.26 Å². The molecule has 5 nitrogen and oxygen atoms in total. The summed E-state index contributed by atoms with van der Waals surface area (Å²) in [6.45, 7) is 3.09. The third-order valence-electron chi connectivity index (χ3n) is 4.38. The first-order valence-electron chi connectivity index (χ1n) is 7.82. The Kier molecular flexibility index (Phi) is 4.38. The summed E-state index contributed by atoms with van der Waals surface area (Å²) in [6.07, 6.45) is 8.81. The fraction of sp³-hybridized carbons (Fsp3) is 0.471. The van der Waals surface area contributed by atoms with Gasteiger partial charge in [-0.05, 0) is 30.9 Å². The van der Waals surface area contributed by atoms with Crippen LogP contribution in [0.3, 0.4) is 0 Å². The Morgan fingerprint density at radius 2 is 2.14 bits per heavy atom. The van der Waals surface area contributed by atoms with Crippen LogP contribution in [0.15, 0.2) is 30.5 Å². The molecule has 0 saturated carbocycles. The van der Waals surface area contributed by atoms with Crippen LogP contribution in [0.5, 0.6) is 0 Å². The van der Waals surface area contributed by atoms with Gasteiger partial charge in [-0.15, -0.1) is 0 Å². The van der Waals surface area contributed by atoms with Crippen molar-refractivity contribution in [2.45, 2.75) is 19.3 Å². The quantitative estimate of drug-likeness (QED) is 0.800. The average molecular weight is 296 g/mol. The third kappa shape index (κ3) is 3.28. The molecule has 1 aliphatic carbocycles. The molecule has 1 fully saturated rings. The van der Waals surface area contributed by atoms with Crippen molar-refractivity contribution in [3.8, 4) is 6.07 Å². The first-order chi connectivity index (χ1) is 10.8. The fourth-order valence-corrected chi connectivity index (χ4v) is 3.04. The molecule has 1 saturated heterocycles. The van der Waals surface area contributed by atoms with E-state index in [1.165, 1.54) is 0 Å². The fourth-order valence-electron chi connectivity index (χ4n) is 3.04. The van der Waals surface area contributed by atoms with E-state index in [2.05, 4.69) is 28.1 Å². The average Bonchev–Trinajstić information content (AvgIpc) is 3.08. The van der Waals surface area contributed by atoms with E-state index in [9.17, 15) is 4.79 Å². The van der Waals surface area contributed by atoms with Crippen molar-refractivity contribution in [1.82, 2.24) is 9.88 Å². The van der Waals surface area contributed by atoms with Gasteiger partial charge in [0.1, 0.15) is 11.9 Å². The van der Waals surface area contributed by atoms with Crippen molar-refractivity contribution in [3.63, 3.8) is 0 Å². The molecule has 2 aliphatic rings. The molecule has 0 unspecified atom stereocenters. The van der Waals surface area contributed by atoms with Crippen LogP contribution in [0.1, 0.15) is 24.8 Å². The van der Waals surface area contributed by atoms with Crippen LogP contribution in [0.4, 0.5) is 5.82 Å². The standard InChI is InChI=1S/C17H20N4O/c18-12-15-5-6-16(19-13-15)20-7-9-21(10-8-20)17(22)11-14-3-1-2-4-14/h1,3,5-6,13-14H,2,4,7-11H2/t14-/m1/s1. The summed E-state index contributed by atoms with van der Waals surface area (Å²) in [4.78, 5) is 20.8. The summed E-state index contributed by atoms with van der Waals surface area (Å²) in [5.41, 5.74) is 0.571. The number of amides is 1. The van der Waals surface area contributed by atoms with Crippen LogP contribution >= 0.6 is 0 Å². The van der Waals surface area contributed by atoms with Gasteiger partial charge in [0.25, 0.3) is 0 Å². The highest BCUT2D eigenvalue weighted by atomic mass is 16.2. The Balaban J connectivity index is 1.52. The molecule has 114 valence electrons. The summed E-state index contributed by atoms with van der Waals surface area (Å²) in [5, 5.41) is 8.80. The number of carbonyl (C=O) groups excluding carboxylic acids is 1. The number of hydrogen-bond acceptors (Lipinski definition) is 4. The zero-order valence-corrected chi connectivity index (χ0v) is 12.6. The molecule has 5 heteroatoms. The Morgan fingerprint density at radius 1 is 1.32 bits per heavy atom. The lowest BCUT2D eigenvalue weighted by atomic mass is 10.0. The van der Waals surface area contributed by atoms with Crippen LogP contribution in [0.25, 0.3) is 0 Å². The molecule has 0 spiro atoms. The monoisotopic (exact) mass is 296 g/mol. The highest BCUT2D eigenvalue weighted by Gasteiger charge is 2.24. The molecule has 22 heavy (non-hydrogen) atoms. The lowest BCUT2D eigenvalue weighted by Gasteiger charge is -2.35. The largest absolute Gasteiger partial charge is 0.353 e. The third-order valence-corrected chi connectivity index (χ3v) is 4.38. The minimum Gasteiger partial charge on any atom is -0.353 e. The molecular weight excluding hydrogens is 276 g/mol. The maximum Gasteiger partial charge on any atom is 0.223 e. The van der Waals surface area contributed by atoms with E-state index >= 15 is 0 Å². The number of rotatable bonds is 3. The van der Waals surface area contributed by atoms with E-state index in [-0.39, 0.29) is 5.91 Å². The van der Waals surface area contributed by atoms with Gasteiger partial charge in [0.05, 0.1) is 5.56 Å². The Hall–Kier alpha value is -2.35. The Morgan fingerprint density at radius 3 is 2.73 bits per heavy atom. The molecule has 1 aromatic rings. The number of nitrogens with zero attached hydrogens (tertiary/aromatic N) is 4. The molecule has 3 rings (SSSR count). The van der Waals surface area contributed by atoms with Gasteiger partial charge in [-0.25, -0.2) is 4.98 Å². The summed E-state index contributed by atoms with van der Waals surface area (Å²) in [7, 11) is 0. The zero-order chi connectivity index (χ0) is 15.4. The molecule has 1 aromatic heterocycles. The normalized spacial score (nSPS) is 21.0. The SMILES string of the molecule is N#Cc1ccc(N2CCN(C(=O)C[C@@H]3C=CCC3)CC2)nc1. The van der Waals surface area contributed by atoms with E-state index in [1.807, 2.05) is 11.0 Å². The molecule has 1 atom stereocenters. The molecule has 1 amide bonds. The molecular formula is C17H20N4O. The van der Waals surface area contributed by atoms with E-state index < -0.39 is 0 Å². The van der Waals surface area contributed by atoms with Gasteiger partial charge in [0.2, 0.25) is 5.91 Å². The van der Waals surface area contributed by atoms with Crippen molar-refractivity contribution in [2.75, 3.05) is 31.1 Å². The van der Waals surface area contributed by atoms with Gasteiger partial charge in [-0.2, -0.15) is 5.26 Å². The van der Waals surface area contributed by atoms with Crippen LogP contribution in [0, 0.1) is 17.2 Å². The maximum absolute atomic E-state index is 12.3. The number of nitriles is 1. The van der Waals surface area contributed by atoms with Crippen molar-refractivity contribution >= 4 is 11.7 Å². The second-order valence-corrected chi connectivity index (χ2v) is 5.85. The zero-order valence-electron chi connectivity index (χ0n) is 12.6. The topological polar surface area (TPSA) is 60.2 Å². The Labute approximate surface area is 130 Å². The predicted molar refractivity (Wildman–Crippen MR) is 84.2 cm³/mol. The smallest absolute Gasteiger partial charge is 0.223 e. The molecule has 0 aromatic carbocycles. The number of hydrogen-bond donors (Lipinski definition) is 0. The van der Waals surface area contributed by atoms with Gasteiger partial charge in [0, 0.05) is 38.8 Å². The second-order valence-electron chi connectivity index (χ2n) is 5.85. The van der Waals surface area contributed by atoms with E-state index in [4.69, 9.17) is 5.26 Å². The lowest BCUT2D eigenvalue weighted by Crippen LogP contribution is -2.49. The Bertz CT molecular complexity index is 594. The number of allylic oxidation sites excluding steroid dienone is 2. The molecule has 0 radical (unpaired) electrons. The first kappa shape index (κ1) is 14.6. The highest BCUT2D eigenvalue weighted by Crippen LogP contribution is 2.22. The van der Waals surface area contributed by atoms with Gasteiger partial charge in [-0.1, -0.05) is 12.2 Å². The van der Waals surface area contributed by atoms with Crippen molar-refractivity contribution in [3.05, 3.63) is 36.0 Å². The van der Waals surface area contributed by atoms with Crippen LogP contribution in [-0.4, -0.2) is 42.0 Å². The molecule has 0 N–H and O–H groups in total. The van der Waals surface area contributed by atoms with Gasteiger partial charge in [0.15, 0.2) is 0 Å². The minimum absolute atomic E-state index is 0.268. The van der Waals surface area contributed by atoms with Crippen molar-refractivity contribution < 1.29 is 4.79 Å². The highest BCUT2D eigenvalue weighted by molar-refractivity contribution is 5.77. The second kappa shape index (κ2) is 6.61. The van der Waals surface area contributed by atoms with E-state index in [0.717, 1.165) is 44.8 Å². The summed E-state index contributed by atoms with van der Waals surface area (Å²) < 4.78 is 0. The van der Waals surface area contributed by atoms with Crippen molar-refractivity contribution in [2.24, 2.45) is 5.92 Å². The molecule has 2 heterocycles. The first-order valence-corrected chi connectivity index (χ1v) is 7.82. The van der Waals surface area contributed by atoms with Gasteiger partial charge >= 0.3 is 0 Å². The minimum atomic E-state index is 0.268. The van der Waals surface area contributed by atoms with E-state index in [0.29, 0.717) is 17.9 Å². The van der Waals surface area contributed by atoms with Crippen LogP contribution < -0.4 is 4.90 Å². The summed E-state index contributed by atoms with van der Waals surface area (Å²) in [5.74, 6) is 1.58. The number of carbonyl (C=O) groups is 1. The predicted octanol–water partition coefficient (Wildman–Crippen LogP) is 1.96. The number of pyridine rings is 1. The maximum atomic E-state index is 12.3. The lowest BCUT2D eigenvalue weighted by molar-refractivity contribution is -0.132. The number of anilines is 1. The number of aromatic nitrogens is 1. The van der Waals surface area contributed by atoms with Gasteiger partial charge in [-0.3, -0.25) is 4.79 Å². The van der Waals surface area contributed by atoms with Crippen LogP contribution in [0.2, 0.25) is 0 Å². The summed E-state index contributed by atoms with van der Waals surface area (Å²) in [6, 6.07) is 5.73. The molecule has 0 bridgehead atoms. The summed E-state index contributed by atoms with van der Waals surface area (Å²) >= 11 is 0. The van der Waals surface area contributed by atoms with Gasteiger partial charge < -0.3 is 9.80 Å². The van der Waals surface area contributed by atoms with Crippen LogP contribution in [-0.2, 0) is 4.79 Å². The number of piperazine rings is 1. The van der Waals surface area contributed by atoms with E-state index in [1.54, 1.807) is 12.3 Å².